The van der Waals surface area contributed by atoms with Gasteiger partial charge in [-0.15, -0.1) is 0 Å². The monoisotopic (exact) mass is 531 g/mol. The minimum atomic E-state index is -0.687. The maximum absolute atomic E-state index is 13.6. The van der Waals surface area contributed by atoms with Crippen LogP contribution in [0, 0.1) is 0 Å². The summed E-state index contributed by atoms with van der Waals surface area (Å²) in [5, 5.41) is 3.35. The van der Waals surface area contributed by atoms with E-state index in [-0.39, 0.29) is 18.2 Å². The fraction of sp³-hybridized carbons (Fsp3) is 0.300. The van der Waals surface area contributed by atoms with E-state index in [0.29, 0.717) is 36.9 Å². The van der Waals surface area contributed by atoms with E-state index in [4.69, 9.17) is 21.7 Å². The van der Waals surface area contributed by atoms with Gasteiger partial charge >= 0.3 is 0 Å². The fourth-order valence-corrected chi connectivity index (χ4v) is 4.71. The summed E-state index contributed by atoms with van der Waals surface area (Å²) in [6.45, 7) is 3.56. The third kappa shape index (κ3) is 6.89. The van der Waals surface area contributed by atoms with E-state index in [1.54, 1.807) is 24.1 Å². The molecule has 3 aromatic rings. The SMILES string of the molecule is CCCOc1ccc(NC(=O)CC2C(=O)N(CCc3ccccc3)C(=S)N2Cc2ccc(OC)cc2)cc1. The molecule has 2 amide bonds. The summed E-state index contributed by atoms with van der Waals surface area (Å²) in [7, 11) is 1.62. The number of methoxy groups -OCH3 is 1. The second kappa shape index (κ2) is 13.1. The lowest BCUT2D eigenvalue weighted by Gasteiger charge is -2.24. The zero-order valence-electron chi connectivity index (χ0n) is 21.8. The molecule has 1 aliphatic rings. The van der Waals surface area contributed by atoms with Crippen LogP contribution in [0.3, 0.4) is 0 Å². The number of hydrogen-bond acceptors (Lipinski definition) is 5. The first kappa shape index (κ1) is 27.1. The Kier molecular flexibility index (Phi) is 9.32. The maximum atomic E-state index is 13.6. The summed E-state index contributed by atoms with van der Waals surface area (Å²) >= 11 is 5.77. The van der Waals surface area contributed by atoms with Gasteiger partial charge in [-0.1, -0.05) is 49.4 Å². The van der Waals surface area contributed by atoms with Crippen LogP contribution in [0.15, 0.2) is 78.9 Å². The van der Waals surface area contributed by atoms with Crippen LogP contribution in [0.4, 0.5) is 5.69 Å². The minimum Gasteiger partial charge on any atom is -0.497 e. The molecule has 3 aromatic carbocycles. The van der Waals surface area contributed by atoms with Gasteiger partial charge in [-0.25, -0.2) is 0 Å². The number of anilines is 1. The van der Waals surface area contributed by atoms with Crippen molar-refractivity contribution in [2.24, 2.45) is 0 Å². The molecule has 7 nitrogen and oxygen atoms in total. The molecule has 1 unspecified atom stereocenters. The standard InChI is InChI=1S/C30H33N3O4S/c1-3-19-37-26-15-11-24(12-16-26)31-28(34)20-27-29(35)32(18-17-22-7-5-4-6-8-22)30(38)33(27)21-23-9-13-25(36-2)14-10-23/h4-16,27H,3,17-21H2,1-2H3,(H,31,34). The number of hydrogen-bond donors (Lipinski definition) is 1. The number of nitrogens with one attached hydrogen (secondary N) is 1. The highest BCUT2D eigenvalue weighted by atomic mass is 32.1. The molecule has 0 spiro atoms. The van der Waals surface area contributed by atoms with E-state index < -0.39 is 6.04 Å². The zero-order chi connectivity index (χ0) is 26.9. The summed E-state index contributed by atoms with van der Waals surface area (Å²) in [4.78, 5) is 30.1. The van der Waals surface area contributed by atoms with Crippen LogP contribution >= 0.6 is 12.2 Å². The van der Waals surface area contributed by atoms with Gasteiger partial charge in [0.25, 0.3) is 5.91 Å². The molecule has 1 N–H and O–H groups in total. The Morgan fingerprint density at radius 2 is 1.63 bits per heavy atom. The maximum Gasteiger partial charge on any atom is 0.252 e. The minimum absolute atomic E-state index is 0.00888. The summed E-state index contributed by atoms with van der Waals surface area (Å²) in [6.07, 6.45) is 1.59. The Labute approximate surface area is 229 Å². The van der Waals surface area contributed by atoms with Crippen LogP contribution < -0.4 is 14.8 Å². The van der Waals surface area contributed by atoms with E-state index in [1.807, 2.05) is 78.6 Å². The van der Waals surface area contributed by atoms with E-state index in [2.05, 4.69) is 5.32 Å². The predicted octanol–water partition coefficient (Wildman–Crippen LogP) is 5.05. The van der Waals surface area contributed by atoms with Gasteiger partial charge in [0.05, 0.1) is 20.1 Å². The molecule has 198 valence electrons. The Bertz CT molecular complexity index is 1230. The summed E-state index contributed by atoms with van der Waals surface area (Å²) in [6, 6.07) is 24.2. The lowest BCUT2D eigenvalue weighted by molar-refractivity contribution is -0.130. The van der Waals surface area contributed by atoms with Crippen LogP contribution in [-0.2, 0) is 22.6 Å². The quantitative estimate of drug-likeness (QED) is 0.330. The largest absolute Gasteiger partial charge is 0.497 e. The number of carbonyl (C=O) groups is 2. The van der Waals surface area contributed by atoms with Crippen molar-refractivity contribution >= 4 is 34.8 Å². The molecule has 0 bridgehead atoms. The first-order valence-electron chi connectivity index (χ1n) is 12.8. The van der Waals surface area contributed by atoms with Crippen LogP contribution in [0.1, 0.15) is 30.9 Å². The summed E-state index contributed by atoms with van der Waals surface area (Å²) in [5.74, 6) is 1.09. The number of thiocarbonyl (C=S) groups is 1. The number of nitrogens with zero attached hydrogens (tertiary/aromatic N) is 2. The molecule has 0 aromatic heterocycles. The smallest absolute Gasteiger partial charge is 0.252 e. The van der Waals surface area contributed by atoms with Gasteiger partial charge in [-0.05, 0) is 72.6 Å². The molecule has 1 aliphatic heterocycles. The highest BCUT2D eigenvalue weighted by Crippen LogP contribution is 2.25. The van der Waals surface area contributed by atoms with Crippen molar-refractivity contribution < 1.29 is 19.1 Å². The summed E-state index contributed by atoms with van der Waals surface area (Å²) < 4.78 is 10.9. The van der Waals surface area contributed by atoms with Crippen LogP contribution in [-0.4, -0.2) is 53.0 Å². The van der Waals surface area contributed by atoms with Gasteiger partial charge in [-0.2, -0.15) is 0 Å². The average molecular weight is 532 g/mol. The highest BCUT2D eigenvalue weighted by molar-refractivity contribution is 7.80. The van der Waals surface area contributed by atoms with Gasteiger partial charge in [-0.3, -0.25) is 14.5 Å². The average Bonchev–Trinajstić information content (AvgIpc) is 3.15. The van der Waals surface area contributed by atoms with Crippen LogP contribution in [0.5, 0.6) is 11.5 Å². The zero-order valence-corrected chi connectivity index (χ0v) is 22.6. The van der Waals surface area contributed by atoms with Crippen LogP contribution in [0.25, 0.3) is 0 Å². The predicted molar refractivity (Wildman–Crippen MR) is 152 cm³/mol. The topological polar surface area (TPSA) is 71.1 Å². The molecule has 1 saturated heterocycles. The first-order chi connectivity index (χ1) is 18.5. The number of rotatable bonds is 12. The van der Waals surface area contributed by atoms with Crippen molar-refractivity contribution in [1.29, 1.82) is 0 Å². The van der Waals surface area contributed by atoms with Gasteiger partial charge in [0, 0.05) is 18.8 Å². The molecule has 8 heteroatoms. The van der Waals surface area contributed by atoms with Crippen molar-refractivity contribution in [2.75, 3.05) is 25.6 Å². The molecule has 0 radical (unpaired) electrons. The molecule has 4 rings (SSSR count). The second-order valence-electron chi connectivity index (χ2n) is 9.12. The number of ether oxygens (including phenoxy) is 2. The van der Waals surface area contributed by atoms with Gasteiger partial charge in [0.1, 0.15) is 17.5 Å². The van der Waals surface area contributed by atoms with Crippen molar-refractivity contribution in [3.05, 3.63) is 90.0 Å². The Hall–Kier alpha value is -3.91. The van der Waals surface area contributed by atoms with E-state index in [9.17, 15) is 9.59 Å². The Morgan fingerprint density at radius 3 is 2.29 bits per heavy atom. The van der Waals surface area contributed by atoms with Crippen LogP contribution in [0.2, 0.25) is 0 Å². The third-order valence-corrected chi connectivity index (χ3v) is 6.83. The van der Waals surface area contributed by atoms with Gasteiger partial charge in [0.2, 0.25) is 5.91 Å². The Morgan fingerprint density at radius 1 is 0.947 bits per heavy atom. The van der Waals surface area contributed by atoms with Crippen molar-refractivity contribution in [2.45, 2.75) is 38.8 Å². The molecule has 38 heavy (non-hydrogen) atoms. The molecule has 1 heterocycles. The number of benzene rings is 3. The first-order valence-corrected chi connectivity index (χ1v) is 13.2. The molecule has 1 atom stereocenters. The molecule has 0 aliphatic carbocycles. The fourth-order valence-electron chi connectivity index (χ4n) is 4.33. The van der Waals surface area contributed by atoms with E-state index in [0.717, 1.165) is 29.0 Å². The third-order valence-electron chi connectivity index (χ3n) is 6.37. The molecular weight excluding hydrogens is 498 g/mol. The molecule has 1 fully saturated rings. The number of carbonyl (C=O) groups excluding carboxylic acids is 2. The van der Waals surface area contributed by atoms with Crippen molar-refractivity contribution in [3.63, 3.8) is 0 Å². The molecule has 0 saturated carbocycles. The molecular formula is C30H33N3O4S. The number of amides is 2. The van der Waals surface area contributed by atoms with Crippen molar-refractivity contribution in [3.8, 4) is 11.5 Å². The summed E-state index contributed by atoms with van der Waals surface area (Å²) in [5.41, 5.74) is 2.74. The van der Waals surface area contributed by atoms with Gasteiger partial charge in [0.15, 0.2) is 5.11 Å². The Balaban J connectivity index is 1.47. The van der Waals surface area contributed by atoms with E-state index in [1.165, 1.54) is 0 Å². The van der Waals surface area contributed by atoms with Gasteiger partial charge < -0.3 is 19.7 Å². The lowest BCUT2D eigenvalue weighted by Crippen LogP contribution is -2.37. The normalized spacial score (nSPS) is 15.1. The lowest BCUT2D eigenvalue weighted by atomic mass is 10.1. The highest BCUT2D eigenvalue weighted by Gasteiger charge is 2.43. The van der Waals surface area contributed by atoms with E-state index >= 15 is 0 Å². The van der Waals surface area contributed by atoms with Crippen molar-refractivity contribution in [1.82, 2.24) is 9.80 Å². The second-order valence-corrected chi connectivity index (χ2v) is 9.49.